The Morgan fingerprint density at radius 1 is 1.20 bits per heavy atom. The number of anilines is 2. The predicted octanol–water partition coefficient (Wildman–Crippen LogP) is 1.31. The molecule has 20 heavy (non-hydrogen) atoms. The Labute approximate surface area is 117 Å². The summed E-state index contributed by atoms with van der Waals surface area (Å²) in [5, 5.41) is 3.97. The molecule has 0 bridgehead atoms. The normalized spacial score (nSPS) is 16.4. The van der Waals surface area contributed by atoms with E-state index in [9.17, 15) is 0 Å². The zero-order valence-corrected chi connectivity index (χ0v) is 11.7. The molecule has 0 N–H and O–H groups in total. The maximum atomic E-state index is 5.35. The van der Waals surface area contributed by atoms with Gasteiger partial charge in [0.2, 0.25) is 11.8 Å². The minimum absolute atomic E-state index is 0.330. The molecule has 1 aliphatic rings. The second kappa shape index (κ2) is 5.44. The molecule has 0 aromatic carbocycles. The first-order chi connectivity index (χ1) is 9.74. The van der Waals surface area contributed by atoms with Crippen LogP contribution in [-0.2, 0) is 0 Å². The van der Waals surface area contributed by atoms with Crippen LogP contribution in [0.15, 0.2) is 23.0 Å². The van der Waals surface area contributed by atoms with Crippen LogP contribution in [-0.4, -0.2) is 47.3 Å². The largest absolute Gasteiger partial charge is 0.344 e. The van der Waals surface area contributed by atoms with Crippen LogP contribution in [0.5, 0.6) is 0 Å². The van der Waals surface area contributed by atoms with Crippen LogP contribution in [0.2, 0.25) is 0 Å². The molecule has 0 radical (unpaired) electrons. The molecule has 7 nitrogen and oxygen atoms in total. The van der Waals surface area contributed by atoms with Crippen molar-refractivity contribution < 1.29 is 4.52 Å². The fraction of sp³-hybridized carbons (Fsp3) is 0.538. The van der Waals surface area contributed by atoms with E-state index in [0.29, 0.717) is 11.9 Å². The number of piperidine rings is 1. The van der Waals surface area contributed by atoms with Crippen molar-refractivity contribution in [1.29, 1.82) is 0 Å². The smallest absolute Gasteiger partial charge is 0.265 e. The van der Waals surface area contributed by atoms with Crippen LogP contribution >= 0.6 is 0 Å². The highest BCUT2D eigenvalue weighted by molar-refractivity contribution is 5.30. The zero-order valence-electron chi connectivity index (χ0n) is 11.7. The zero-order chi connectivity index (χ0) is 13.9. The van der Waals surface area contributed by atoms with Gasteiger partial charge in [-0.15, -0.1) is 0 Å². The van der Waals surface area contributed by atoms with E-state index in [1.165, 1.54) is 0 Å². The average Bonchev–Trinajstić information content (AvgIpc) is 2.98. The third-order valence-corrected chi connectivity index (χ3v) is 3.51. The third kappa shape index (κ3) is 2.56. The Morgan fingerprint density at radius 2 is 1.90 bits per heavy atom. The van der Waals surface area contributed by atoms with Gasteiger partial charge in [-0.3, -0.25) is 0 Å². The molecule has 1 saturated heterocycles. The van der Waals surface area contributed by atoms with Gasteiger partial charge in [-0.25, -0.2) is 9.97 Å². The van der Waals surface area contributed by atoms with Gasteiger partial charge < -0.3 is 14.3 Å². The van der Waals surface area contributed by atoms with Crippen molar-refractivity contribution >= 4 is 11.9 Å². The van der Waals surface area contributed by atoms with Gasteiger partial charge in [0.25, 0.3) is 5.95 Å². The highest BCUT2D eigenvalue weighted by Gasteiger charge is 2.26. The number of nitrogens with zero attached hydrogens (tertiary/aromatic N) is 6. The molecule has 2 aromatic rings. The van der Waals surface area contributed by atoms with Crippen LogP contribution in [0.3, 0.4) is 0 Å². The van der Waals surface area contributed by atoms with E-state index in [1.807, 2.05) is 25.1 Å². The fourth-order valence-electron chi connectivity index (χ4n) is 2.36. The van der Waals surface area contributed by atoms with Gasteiger partial charge in [0.05, 0.1) is 0 Å². The van der Waals surface area contributed by atoms with Gasteiger partial charge in [0.1, 0.15) is 0 Å². The van der Waals surface area contributed by atoms with E-state index in [4.69, 9.17) is 4.52 Å². The van der Waals surface area contributed by atoms with E-state index < -0.39 is 0 Å². The minimum Gasteiger partial charge on any atom is -0.344 e. The molecule has 0 unspecified atom stereocenters. The Morgan fingerprint density at radius 3 is 2.50 bits per heavy atom. The lowest BCUT2D eigenvalue weighted by molar-refractivity contribution is 0.328. The van der Waals surface area contributed by atoms with Crippen molar-refractivity contribution in [2.24, 2.45) is 0 Å². The van der Waals surface area contributed by atoms with Gasteiger partial charge in [-0.2, -0.15) is 4.98 Å². The van der Waals surface area contributed by atoms with E-state index in [2.05, 4.69) is 25.0 Å². The Kier molecular flexibility index (Phi) is 3.49. The molecule has 0 amide bonds. The van der Waals surface area contributed by atoms with E-state index in [1.54, 1.807) is 12.4 Å². The summed E-state index contributed by atoms with van der Waals surface area (Å²) in [5.74, 6) is 2.50. The van der Waals surface area contributed by atoms with Crippen molar-refractivity contribution in [2.45, 2.75) is 18.8 Å². The van der Waals surface area contributed by atoms with E-state index in [-0.39, 0.29) is 0 Å². The second-order valence-corrected chi connectivity index (χ2v) is 5.14. The van der Waals surface area contributed by atoms with Crippen LogP contribution in [0.1, 0.15) is 24.7 Å². The lowest BCUT2D eigenvalue weighted by Gasteiger charge is -2.30. The fourth-order valence-corrected chi connectivity index (χ4v) is 2.36. The molecular weight excluding hydrogens is 256 g/mol. The molecule has 106 valence electrons. The number of hydrogen-bond donors (Lipinski definition) is 0. The maximum Gasteiger partial charge on any atom is 0.265 e. The summed E-state index contributed by atoms with van der Waals surface area (Å²) in [4.78, 5) is 17.0. The summed E-state index contributed by atoms with van der Waals surface area (Å²) in [6.07, 6.45) is 5.51. The van der Waals surface area contributed by atoms with Crippen LogP contribution in [0, 0.1) is 0 Å². The minimum atomic E-state index is 0.330. The highest BCUT2D eigenvalue weighted by atomic mass is 16.5. The van der Waals surface area contributed by atoms with E-state index >= 15 is 0 Å². The Hall–Kier alpha value is -2.18. The summed E-state index contributed by atoms with van der Waals surface area (Å²) in [7, 11) is 3.81. The average molecular weight is 274 g/mol. The molecule has 0 atom stereocenters. The number of aromatic nitrogens is 4. The first-order valence-corrected chi connectivity index (χ1v) is 6.77. The Balaban J connectivity index is 1.63. The number of hydrogen-bond acceptors (Lipinski definition) is 7. The van der Waals surface area contributed by atoms with Crippen LogP contribution < -0.4 is 9.80 Å². The molecule has 1 aliphatic heterocycles. The van der Waals surface area contributed by atoms with Crippen molar-refractivity contribution in [3.8, 4) is 0 Å². The van der Waals surface area contributed by atoms with Gasteiger partial charge in [-0.05, 0) is 24.1 Å². The van der Waals surface area contributed by atoms with Crippen LogP contribution in [0.25, 0.3) is 0 Å². The van der Waals surface area contributed by atoms with Gasteiger partial charge in [0.15, 0.2) is 0 Å². The van der Waals surface area contributed by atoms with Gasteiger partial charge in [0, 0.05) is 45.5 Å². The topological polar surface area (TPSA) is 71.2 Å². The van der Waals surface area contributed by atoms with Crippen molar-refractivity contribution in [2.75, 3.05) is 37.0 Å². The standard InChI is InChI=1S/C13H18N6O/c1-18(2)13-16-11(20-17-13)10-4-8-19(9-5-10)12-14-6-3-7-15-12/h3,6-7,10H,4-5,8-9H2,1-2H3. The highest BCUT2D eigenvalue weighted by Crippen LogP contribution is 2.28. The summed E-state index contributed by atoms with van der Waals surface area (Å²) in [6.45, 7) is 1.82. The molecule has 0 aliphatic carbocycles. The van der Waals surface area contributed by atoms with Crippen molar-refractivity contribution in [3.05, 3.63) is 24.4 Å². The lowest BCUT2D eigenvalue weighted by atomic mass is 9.97. The molecule has 7 heteroatoms. The molecule has 3 rings (SSSR count). The molecular formula is C13H18N6O. The van der Waals surface area contributed by atoms with Crippen molar-refractivity contribution in [3.63, 3.8) is 0 Å². The summed E-state index contributed by atoms with van der Waals surface area (Å²) < 4.78 is 5.35. The number of rotatable bonds is 3. The molecule has 0 spiro atoms. The SMILES string of the molecule is CN(C)c1noc(C2CCN(c3ncccn3)CC2)n1. The lowest BCUT2D eigenvalue weighted by Crippen LogP contribution is -2.34. The summed E-state index contributed by atoms with van der Waals surface area (Å²) >= 11 is 0. The monoisotopic (exact) mass is 274 g/mol. The predicted molar refractivity (Wildman–Crippen MR) is 74.8 cm³/mol. The third-order valence-electron chi connectivity index (χ3n) is 3.51. The van der Waals surface area contributed by atoms with Gasteiger partial charge in [-0.1, -0.05) is 0 Å². The first kappa shape index (κ1) is 12.8. The molecule has 3 heterocycles. The van der Waals surface area contributed by atoms with Crippen molar-refractivity contribution in [1.82, 2.24) is 20.1 Å². The van der Waals surface area contributed by atoms with E-state index in [0.717, 1.165) is 37.8 Å². The first-order valence-electron chi connectivity index (χ1n) is 6.77. The maximum absolute atomic E-state index is 5.35. The molecule has 0 saturated carbocycles. The molecule has 1 fully saturated rings. The quantitative estimate of drug-likeness (QED) is 0.835. The second-order valence-electron chi connectivity index (χ2n) is 5.14. The summed E-state index contributed by atoms with van der Waals surface area (Å²) in [6, 6.07) is 1.83. The van der Waals surface area contributed by atoms with Gasteiger partial charge >= 0.3 is 0 Å². The Bertz CT molecular complexity index is 547. The molecule has 2 aromatic heterocycles. The summed E-state index contributed by atoms with van der Waals surface area (Å²) in [5.41, 5.74) is 0. The van der Waals surface area contributed by atoms with Crippen LogP contribution in [0.4, 0.5) is 11.9 Å².